The average molecular weight is 496 g/mol. The summed E-state index contributed by atoms with van der Waals surface area (Å²) in [6.45, 7) is 18.0. The molecule has 0 aromatic carbocycles. The molecule has 0 aliphatic carbocycles. The summed E-state index contributed by atoms with van der Waals surface area (Å²) in [5.41, 5.74) is 6.49. The van der Waals surface area contributed by atoms with E-state index in [1.165, 1.54) is 5.57 Å². The minimum atomic E-state index is -1.89. The quantitative estimate of drug-likeness (QED) is 0.451. The summed E-state index contributed by atoms with van der Waals surface area (Å²) in [5.74, 6) is 2.55. The summed E-state index contributed by atoms with van der Waals surface area (Å²) >= 11 is 0. The van der Waals surface area contributed by atoms with Gasteiger partial charge in [-0.25, -0.2) is 9.97 Å². The number of rotatable bonds is 6. The summed E-state index contributed by atoms with van der Waals surface area (Å²) in [6, 6.07) is 4.04. The van der Waals surface area contributed by atoms with Gasteiger partial charge in [0.25, 0.3) is 0 Å². The lowest BCUT2D eigenvalue weighted by molar-refractivity contribution is 0.185. The first-order valence-electron chi connectivity index (χ1n) is 12.7. The maximum absolute atomic E-state index is 6.85. The molecule has 2 aromatic rings. The Morgan fingerprint density at radius 2 is 1.94 bits per heavy atom. The molecule has 0 bridgehead atoms. The number of aryl methyl sites for hydroxylation is 1. The normalized spacial score (nSPS) is 18.4. The number of anilines is 3. The Kier molecular flexibility index (Phi) is 7.27. The van der Waals surface area contributed by atoms with Gasteiger partial charge in [0, 0.05) is 55.1 Å². The van der Waals surface area contributed by atoms with Gasteiger partial charge in [0.2, 0.25) is 0 Å². The molecule has 8 heteroatoms. The molecule has 0 radical (unpaired) electrons. The van der Waals surface area contributed by atoms with E-state index in [1.807, 2.05) is 26.1 Å². The van der Waals surface area contributed by atoms with Crippen LogP contribution in [0.4, 0.5) is 17.3 Å². The molecular weight excluding hydrogens is 454 g/mol. The average Bonchev–Trinajstić information content (AvgIpc) is 3.11. The number of aromatic nitrogens is 2. The number of hydrogen-bond donors (Lipinski definition) is 3. The SMILES string of the molecule is CNc1cc(C)nc(Nc2nc3c(c(C4=CCNCC(O[Si](C)(C)C(C)(C)C)C4)c2C)OCC3)c1. The zero-order valence-corrected chi connectivity index (χ0v) is 23.6. The van der Waals surface area contributed by atoms with Gasteiger partial charge in [0.15, 0.2) is 8.32 Å². The van der Waals surface area contributed by atoms with Crippen LogP contribution in [0.25, 0.3) is 5.57 Å². The molecule has 190 valence electrons. The first kappa shape index (κ1) is 25.7. The Labute approximate surface area is 211 Å². The molecule has 2 aliphatic rings. The van der Waals surface area contributed by atoms with Crippen LogP contribution in [0, 0.1) is 13.8 Å². The monoisotopic (exact) mass is 495 g/mol. The van der Waals surface area contributed by atoms with Crippen molar-refractivity contribution in [2.45, 2.75) is 71.7 Å². The van der Waals surface area contributed by atoms with Crippen molar-refractivity contribution in [1.29, 1.82) is 0 Å². The number of nitrogens with one attached hydrogen (secondary N) is 3. The van der Waals surface area contributed by atoms with Crippen LogP contribution in [-0.2, 0) is 10.8 Å². The lowest BCUT2D eigenvalue weighted by atomic mass is 9.94. The molecule has 4 heterocycles. The topological polar surface area (TPSA) is 80.3 Å². The lowest BCUT2D eigenvalue weighted by Gasteiger charge is -2.39. The van der Waals surface area contributed by atoms with Crippen molar-refractivity contribution >= 4 is 31.2 Å². The molecule has 2 aromatic heterocycles. The third kappa shape index (κ3) is 5.55. The second-order valence-corrected chi connectivity index (χ2v) is 15.9. The van der Waals surface area contributed by atoms with Gasteiger partial charge < -0.3 is 25.1 Å². The van der Waals surface area contributed by atoms with E-state index in [0.29, 0.717) is 6.61 Å². The van der Waals surface area contributed by atoms with E-state index < -0.39 is 8.32 Å². The molecule has 0 saturated heterocycles. The van der Waals surface area contributed by atoms with E-state index in [-0.39, 0.29) is 11.1 Å². The Morgan fingerprint density at radius 1 is 1.17 bits per heavy atom. The lowest BCUT2D eigenvalue weighted by Crippen LogP contribution is -2.46. The molecule has 7 nitrogen and oxygen atoms in total. The molecule has 0 fully saturated rings. The van der Waals surface area contributed by atoms with E-state index in [0.717, 1.165) is 71.5 Å². The zero-order chi connectivity index (χ0) is 25.4. The molecular formula is C27H41N5O2Si. The first-order chi connectivity index (χ1) is 16.5. The molecule has 0 spiro atoms. The van der Waals surface area contributed by atoms with Gasteiger partial charge in [0.05, 0.1) is 18.4 Å². The summed E-state index contributed by atoms with van der Waals surface area (Å²) in [6.07, 6.45) is 4.09. The zero-order valence-electron chi connectivity index (χ0n) is 22.6. The molecule has 0 amide bonds. The summed E-state index contributed by atoms with van der Waals surface area (Å²) in [7, 11) is 0.0254. The summed E-state index contributed by atoms with van der Waals surface area (Å²) < 4.78 is 13.0. The Hall–Kier alpha value is -2.42. The molecule has 1 atom stereocenters. The van der Waals surface area contributed by atoms with Gasteiger partial charge in [-0.1, -0.05) is 26.8 Å². The second-order valence-electron chi connectivity index (χ2n) is 11.2. The van der Waals surface area contributed by atoms with E-state index >= 15 is 0 Å². The number of nitrogens with zero attached hydrogens (tertiary/aromatic N) is 2. The predicted octanol–water partition coefficient (Wildman–Crippen LogP) is 5.58. The molecule has 3 N–H and O–H groups in total. The highest BCUT2D eigenvalue weighted by molar-refractivity contribution is 6.74. The van der Waals surface area contributed by atoms with Gasteiger partial charge in [-0.05, 0) is 50.0 Å². The van der Waals surface area contributed by atoms with Crippen LogP contribution < -0.4 is 20.7 Å². The van der Waals surface area contributed by atoms with Crippen LogP contribution >= 0.6 is 0 Å². The fraction of sp³-hybridized carbons (Fsp3) is 0.556. The van der Waals surface area contributed by atoms with Gasteiger partial charge in [0.1, 0.15) is 17.4 Å². The van der Waals surface area contributed by atoms with Crippen molar-refractivity contribution in [1.82, 2.24) is 15.3 Å². The van der Waals surface area contributed by atoms with Gasteiger partial charge in [-0.3, -0.25) is 0 Å². The van der Waals surface area contributed by atoms with Crippen molar-refractivity contribution in [3.05, 3.63) is 40.7 Å². The van der Waals surface area contributed by atoms with E-state index in [2.05, 4.69) is 67.8 Å². The van der Waals surface area contributed by atoms with Crippen LogP contribution in [0.5, 0.6) is 5.75 Å². The molecule has 1 unspecified atom stereocenters. The minimum Gasteiger partial charge on any atom is -0.491 e. The number of pyridine rings is 2. The highest BCUT2D eigenvalue weighted by atomic mass is 28.4. The van der Waals surface area contributed by atoms with Gasteiger partial charge >= 0.3 is 0 Å². The van der Waals surface area contributed by atoms with Gasteiger partial charge in [-0.15, -0.1) is 0 Å². The molecule has 0 saturated carbocycles. The standard InChI is InChI=1S/C27H41N5O2Si/c1-17-13-20(28-6)15-23(30-17)32-26-18(2)24(25-22(31-26)10-12-33-25)19-9-11-29-16-21(14-19)34-35(7,8)27(3,4)5/h9,13,15,21,29H,10-12,14,16H2,1-8H3,(H2,28,30,31,32). The summed E-state index contributed by atoms with van der Waals surface area (Å²) in [5, 5.41) is 10.4. The molecule has 2 aliphatic heterocycles. The summed E-state index contributed by atoms with van der Waals surface area (Å²) in [4.78, 5) is 9.64. The Balaban J connectivity index is 1.69. The first-order valence-corrected chi connectivity index (χ1v) is 15.6. The van der Waals surface area contributed by atoms with Crippen LogP contribution in [0.1, 0.15) is 49.7 Å². The third-order valence-electron chi connectivity index (χ3n) is 7.44. The van der Waals surface area contributed by atoms with E-state index in [1.54, 1.807) is 0 Å². The third-order valence-corrected chi connectivity index (χ3v) is 12.0. The van der Waals surface area contributed by atoms with Crippen molar-refractivity contribution in [2.75, 3.05) is 37.4 Å². The van der Waals surface area contributed by atoms with Crippen molar-refractivity contribution in [2.24, 2.45) is 0 Å². The smallest absolute Gasteiger partial charge is 0.192 e. The number of ether oxygens (including phenoxy) is 1. The van der Waals surface area contributed by atoms with Crippen molar-refractivity contribution < 1.29 is 9.16 Å². The van der Waals surface area contributed by atoms with Crippen LogP contribution in [0.15, 0.2) is 18.2 Å². The van der Waals surface area contributed by atoms with Crippen LogP contribution in [0.2, 0.25) is 18.1 Å². The fourth-order valence-electron chi connectivity index (χ4n) is 4.51. The maximum atomic E-state index is 6.85. The van der Waals surface area contributed by atoms with Crippen LogP contribution in [-0.4, -0.2) is 51.1 Å². The Morgan fingerprint density at radius 3 is 2.66 bits per heavy atom. The van der Waals surface area contributed by atoms with E-state index in [4.69, 9.17) is 14.1 Å². The number of hydrogen-bond acceptors (Lipinski definition) is 7. The fourth-order valence-corrected chi connectivity index (χ4v) is 5.86. The maximum Gasteiger partial charge on any atom is 0.192 e. The van der Waals surface area contributed by atoms with Crippen molar-refractivity contribution in [3.63, 3.8) is 0 Å². The molecule has 35 heavy (non-hydrogen) atoms. The molecule has 4 rings (SSSR count). The second kappa shape index (κ2) is 9.91. The minimum absolute atomic E-state index is 0.127. The van der Waals surface area contributed by atoms with Crippen LogP contribution in [0.3, 0.4) is 0 Å². The predicted molar refractivity (Wildman–Crippen MR) is 148 cm³/mol. The van der Waals surface area contributed by atoms with Gasteiger partial charge in [-0.2, -0.15) is 0 Å². The highest BCUT2D eigenvalue weighted by Crippen LogP contribution is 2.43. The largest absolute Gasteiger partial charge is 0.491 e. The van der Waals surface area contributed by atoms with E-state index in [9.17, 15) is 0 Å². The van der Waals surface area contributed by atoms with Crippen molar-refractivity contribution in [3.8, 4) is 5.75 Å². The Bertz CT molecular complexity index is 1120. The highest BCUT2D eigenvalue weighted by Gasteiger charge is 2.39. The number of fused-ring (bicyclic) bond motifs is 1.